The van der Waals surface area contributed by atoms with E-state index in [-0.39, 0.29) is 11.4 Å². The lowest BCUT2D eigenvalue weighted by molar-refractivity contribution is -0.173. The van der Waals surface area contributed by atoms with Crippen molar-refractivity contribution in [2.24, 2.45) is 12.5 Å². The molecule has 1 aromatic heterocycles. The average molecular weight is 577 g/mol. The van der Waals surface area contributed by atoms with Crippen molar-refractivity contribution in [3.8, 4) is 0 Å². The van der Waals surface area contributed by atoms with Crippen molar-refractivity contribution in [2.45, 2.75) is 43.4 Å². The molecule has 3 unspecified atom stereocenters. The number of tetrazole rings is 1. The Morgan fingerprint density at radius 1 is 1.23 bits per heavy atom. The summed E-state index contributed by atoms with van der Waals surface area (Å²) in [6, 6.07) is 7.41. The minimum absolute atomic E-state index is 0.0206. The Hall–Kier alpha value is -3.43. The summed E-state index contributed by atoms with van der Waals surface area (Å²) < 4.78 is 11.8. The van der Waals surface area contributed by atoms with Crippen LogP contribution in [0.2, 0.25) is 0 Å². The third-order valence-electron chi connectivity index (χ3n) is 5.85. The maximum atomic E-state index is 13.2. The first-order chi connectivity index (χ1) is 18.5. The summed E-state index contributed by atoms with van der Waals surface area (Å²) in [7, 11) is 1.68. The Balaban J connectivity index is 1.49. The fraction of sp³-hybridized carbons (Fsp3) is 0.458. The summed E-state index contributed by atoms with van der Waals surface area (Å²) in [4.78, 5) is 52.4. The molecule has 3 atom stereocenters. The standard InChI is InChI=1S/C24H28N6O7S2/c1-24(2,3)22(35)37-12-36-21(34)16-14(11-39-23-26-27-28-29(23)4)10-38-20-15(19(33)30(16)20)25-18(32)17(31)13-8-6-5-7-9-13/h5-9,15,17,20,31H,10-12H2,1-4H3,(H,25,32). The van der Waals surface area contributed by atoms with E-state index in [4.69, 9.17) is 9.47 Å². The van der Waals surface area contributed by atoms with Crippen LogP contribution in [0.3, 0.4) is 0 Å². The minimum Gasteiger partial charge on any atom is -0.427 e. The molecule has 0 bridgehead atoms. The zero-order valence-corrected chi connectivity index (χ0v) is 23.3. The smallest absolute Gasteiger partial charge is 0.357 e. The predicted octanol–water partition coefficient (Wildman–Crippen LogP) is 0.780. The van der Waals surface area contributed by atoms with Crippen molar-refractivity contribution < 1.29 is 33.8 Å². The second kappa shape index (κ2) is 11.8. The van der Waals surface area contributed by atoms with Crippen molar-refractivity contribution in [3.63, 3.8) is 0 Å². The van der Waals surface area contributed by atoms with Gasteiger partial charge in [0.2, 0.25) is 11.9 Å². The molecule has 4 rings (SSSR count). The van der Waals surface area contributed by atoms with E-state index in [9.17, 15) is 24.3 Å². The maximum absolute atomic E-state index is 13.2. The van der Waals surface area contributed by atoms with Crippen LogP contribution in [-0.2, 0) is 35.7 Å². The number of rotatable bonds is 9. The molecular weight excluding hydrogens is 548 g/mol. The van der Waals surface area contributed by atoms with Crippen molar-refractivity contribution in [1.29, 1.82) is 0 Å². The summed E-state index contributed by atoms with van der Waals surface area (Å²) in [5, 5.41) is 24.2. The van der Waals surface area contributed by atoms with Gasteiger partial charge in [-0.05, 0) is 42.3 Å². The van der Waals surface area contributed by atoms with Crippen molar-refractivity contribution in [3.05, 3.63) is 47.2 Å². The molecular formula is C24H28N6O7S2. The van der Waals surface area contributed by atoms with Gasteiger partial charge in [0.1, 0.15) is 17.1 Å². The molecule has 1 saturated heterocycles. The first-order valence-corrected chi connectivity index (χ1v) is 13.9. The number of hydrogen-bond acceptors (Lipinski definition) is 12. The number of aliphatic hydroxyl groups excluding tert-OH is 1. The quantitative estimate of drug-likeness (QED) is 0.187. The second-order valence-electron chi connectivity index (χ2n) is 9.77. The number of carbonyl (C=O) groups is 4. The van der Waals surface area contributed by atoms with Gasteiger partial charge in [-0.3, -0.25) is 19.3 Å². The molecule has 2 N–H and O–H groups in total. The molecule has 39 heavy (non-hydrogen) atoms. The van der Waals surface area contributed by atoms with Gasteiger partial charge in [-0.15, -0.1) is 16.9 Å². The Bertz CT molecular complexity index is 1290. The van der Waals surface area contributed by atoms with Crippen molar-refractivity contribution in [1.82, 2.24) is 30.4 Å². The van der Waals surface area contributed by atoms with Gasteiger partial charge in [-0.1, -0.05) is 42.1 Å². The van der Waals surface area contributed by atoms with Gasteiger partial charge in [0.05, 0.1) is 5.41 Å². The minimum atomic E-state index is -1.45. The van der Waals surface area contributed by atoms with Gasteiger partial charge in [0, 0.05) is 18.6 Å². The molecule has 0 aliphatic carbocycles. The largest absolute Gasteiger partial charge is 0.427 e. The summed E-state index contributed by atoms with van der Waals surface area (Å²) in [6.45, 7) is 4.39. The number of β-lactam (4-membered cyclic amide) rings is 1. The highest BCUT2D eigenvalue weighted by Crippen LogP contribution is 2.42. The van der Waals surface area contributed by atoms with Crippen LogP contribution >= 0.6 is 23.5 Å². The van der Waals surface area contributed by atoms with Crippen molar-refractivity contribution >= 4 is 47.3 Å². The third kappa shape index (κ3) is 6.25. The highest BCUT2D eigenvalue weighted by molar-refractivity contribution is 8.01. The van der Waals surface area contributed by atoms with Gasteiger partial charge in [-0.25, -0.2) is 9.48 Å². The molecule has 3 heterocycles. The summed E-state index contributed by atoms with van der Waals surface area (Å²) in [5.41, 5.74) is 0.223. The summed E-state index contributed by atoms with van der Waals surface area (Å²) >= 11 is 2.64. The number of hydrogen-bond donors (Lipinski definition) is 2. The Morgan fingerprint density at radius 3 is 2.59 bits per heavy atom. The van der Waals surface area contributed by atoms with Gasteiger partial charge in [0.15, 0.2) is 6.10 Å². The van der Waals surface area contributed by atoms with E-state index in [1.807, 2.05) is 0 Å². The Labute approximate surface area is 232 Å². The van der Waals surface area contributed by atoms with E-state index >= 15 is 0 Å². The van der Waals surface area contributed by atoms with E-state index in [1.165, 1.54) is 33.1 Å². The molecule has 0 spiro atoms. The lowest BCUT2D eigenvalue weighted by Crippen LogP contribution is -2.71. The number of fused-ring (bicyclic) bond motifs is 1. The molecule has 208 valence electrons. The molecule has 1 fully saturated rings. The Kier molecular flexibility index (Phi) is 8.61. The molecule has 0 saturated carbocycles. The van der Waals surface area contributed by atoms with Crippen LogP contribution < -0.4 is 5.32 Å². The van der Waals surface area contributed by atoms with Gasteiger partial charge >= 0.3 is 11.9 Å². The molecule has 15 heteroatoms. The number of ether oxygens (including phenoxy) is 2. The summed E-state index contributed by atoms with van der Waals surface area (Å²) in [5.74, 6) is -2.00. The highest BCUT2D eigenvalue weighted by Gasteiger charge is 2.54. The van der Waals surface area contributed by atoms with E-state index < -0.39 is 53.5 Å². The number of nitrogens with one attached hydrogen (secondary N) is 1. The first-order valence-electron chi connectivity index (χ1n) is 11.9. The first kappa shape index (κ1) is 28.6. The SMILES string of the molecule is Cn1nnnc1SCC1=C(C(=O)OCOC(=O)C(C)(C)C)N2C(=O)C(NC(=O)C(O)c3ccccc3)C2SC1. The number of aromatic nitrogens is 4. The molecule has 2 aliphatic rings. The number of aryl methyl sites for hydroxylation is 1. The normalized spacial score (nSPS) is 19.6. The average Bonchev–Trinajstić information content (AvgIpc) is 3.33. The number of aliphatic hydroxyl groups is 1. The number of nitrogens with zero attached hydrogens (tertiary/aromatic N) is 5. The monoisotopic (exact) mass is 576 g/mol. The lowest BCUT2D eigenvalue weighted by atomic mass is 9.98. The van der Waals surface area contributed by atoms with Crippen molar-refractivity contribution in [2.75, 3.05) is 18.3 Å². The number of amides is 2. The third-order valence-corrected chi connectivity index (χ3v) is 8.29. The molecule has 13 nitrogen and oxygen atoms in total. The molecule has 2 amide bonds. The molecule has 2 aliphatic heterocycles. The highest BCUT2D eigenvalue weighted by atomic mass is 32.2. The lowest BCUT2D eigenvalue weighted by Gasteiger charge is -2.49. The fourth-order valence-electron chi connectivity index (χ4n) is 3.72. The fourth-order valence-corrected chi connectivity index (χ4v) is 6.05. The van der Waals surface area contributed by atoms with Crippen LogP contribution in [0.25, 0.3) is 0 Å². The van der Waals surface area contributed by atoms with Crippen LogP contribution in [0.1, 0.15) is 32.4 Å². The van der Waals surface area contributed by atoms with Gasteiger partial charge in [-0.2, -0.15) is 0 Å². The second-order valence-corrected chi connectivity index (χ2v) is 11.8. The number of thioether (sulfide) groups is 2. The van der Waals surface area contributed by atoms with Crippen LogP contribution in [0.5, 0.6) is 0 Å². The van der Waals surface area contributed by atoms with Gasteiger partial charge < -0.3 is 19.9 Å². The van der Waals surface area contributed by atoms with E-state index in [0.717, 1.165) is 0 Å². The number of carbonyl (C=O) groups excluding carboxylic acids is 4. The zero-order valence-electron chi connectivity index (χ0n) is 21.7. The van der Waals surface area contributed by atoms with Crippen LogP contribution in [-0.4, -0.2) is 83.7 Å². The number of benzene rings is 1. The van der Waals surface area contributed by atoms with E-state index in [0.29, 0.717) is 22.0 Å². The molecule has 1 aromatic carbocycles. The van der Waals surface area contributed by atoms with Crippen LogP contribution in [0, 0.1) is 5.41 Å². The predicted molar refractivity (Wildman–Crippen MR) is 139 cm³/mol. The van der Waals surface area contributed by atoms with E-state index in [1.54, 1.807) is 58.2 Å². The van der Waals surface area contributed by atoms with Gasteiger partial charge in [0.25, 0.3) is 11.8 Å². The van der Waals surface area contributed by atoms with E-state index in [2.05, 4.69) is 20.8 Å². The summed E-state index contributed by atoms with van der Waals surface area (Å²) in [6.07, 6.45) is -1.45. The van der Waals surface area contributed by atoms with Crippen LogP contribution in [0.15, 0.2) is 46.8 Å². The topological polar surface area (TPSA) is 166 Å². The molecule has 0 radical (unpaired) electrons. The number of esters is 2. The zero-order chi connectivity index (χ0) is 28.3. The maximum Gasteiger partial charge on any atom is 0.357 e. The Morgan fingerprint density at radius 2 is 1.95 bits per heavy atom. The van der Waals surface area contributed by atoms with Crippen LogP contribution in [0.4, 0.5) is 0 Å². The molecule has 2 aromatic rings.